The molecule has 0 saturated carbocycles. The highest BCUT2D eigenvalue weighted by molar-refractivity contribution is 7.91. The van der Waals surface area contributed by atoms with Crippen molar-refractivity contribution in [1.29, 1.82) is 0 Å². The number of thiocarbonyl (C=S) groups is 1. The second kappa shape index (κ2) is 7.48. The minimum atomic E-state index is -3.40. The number of nitrogens with one attached hydrogen (secondary N) is 1. The van der Waals surface area contributed by atoms with Crippen LogP contribution in [0.5, 0.6) is 0 Å². The van der Waals surface area contributed by atoms with Crippen molar-refractivity contribution in [3.63, 3.8) is 0 Å². The summed E-state index contributed by atoms with van der Waals surface area (Å²) in [5.41, 5.74) is 6.09. The van der Waals surface area contributed by atoms with Crippen LogP contribution < -0.4 is 11.1 Å². The third-order valence-electron chi connectivity index (χ3n) is 2.93. The van der Waals surface area contributed by atoms with Gasteiger partial charge in [0.25, 0.3) is 0 Å². The zero-order valence-corrected chi connectivity index (χ0v) is 13.6. The van der Waals surface area contributed by atoms with E-state index >= 15 is 0 Å². The number of amides is 1. The lowest BCUT2D eigenvalue weighted by Gasteiger charge is -2.15. The van der Waals surface area contributed by atoms with E-state index in [2.05, 4.69) is 5.32 Å². The minimum absolute atomic E-state index is 0.0626. The summed E-state index contributed by atoms with van der Waals surface area (Å²) in [6.45, 7) is 0.430. The number of hydrogen-bond acceptors (Lipinski definition) is 5. The number of nitrogens with two attached hydrogens (primary N) is 1. The minimum Gasteiger partial charge on any atom is -0.389 e. The lowest BCUT2D eigenvalue weighted by atomic mass is 10.2. The van der Waals surface area contributed by atoms with Gasteiger partial charge in [-0.2, -0.15) is 0 Å². The van der Waals surface area contributed by atoms with E-state index in [-0.39, 0.29) is 34.6 Å². The summed E-state index contributed by atoms with van der Waals surface area (Å²) in [7, 11) is -0.165. The quantitative estimate of drug-likeness (QED) is 0.672. The zero-order chi connectivity index (χ0) is 16.0. The molecule has 0 aliphatic rings. The molecular formula is C13H19N3O3S2. The predicted molar refractivity (Wildman–Crippen MR) is 85.9 cm³/mol. The molecule has 116 valence electrons. The molecule has 0 aromatic heterocycles. The van der Waals surface area contributed by atoms with Crippen LogP contribution in [0.15, 0.2) is 29.2 Å². The van der Waals surface area contributed by atoms with Crippen molar-refractivity contribution in [3.05, 3.63) is 29.8 Å². The summed E-state index contributed by atoms with van der Waals surface area (Å²) in [5.74, 6) is -0.219. The standard InChI is InChI=1S/C13H19N3O3S2/c1-15-12(17)9-16(2)7-8-21(18,19)11-5-3-10(4-6-11)13(14)20/h3-6H,7-9H2,1-2H3,(H2,14,20)(H,15,17). The molecule has 0 radical (unpaired) electrons. The number of benzene rings is 1. The monoisotopic (exact) mass is 329 g/mol. The summed E-state index contributed by atoms with van der Waals surface area (Å²) >= 11 is 4.82. The number of sulfone groups is 1. The third kappa shape index (κ3) is 5.41. The Kier molecular flexibility index (Phi) is 6.25. The molecule has 0 heterocycles. The van der Waals surface area contributed by atoms with E-state index in [1.165, 1.54) is 19.2 Å². The molecule has 0 aliphatic carbocycles. The fraction of sp³-hybridized carbons (Fsp3) is 0.385. The lowest BCUT2D eigenvalue weighted by Crippen LogP contribution is -2.35. The largest absolute Gasteiger partial charge is 0.389 e. The van der Waals surface area contributed by atoms with Gasteiger partial charge in [0.05, 0.1) is 17.2 Å². The average molecular weight is 329 g/mol. The number of carbonyl (C=O) groups is 1. The molecule has 0 aliphatic heterocycles. The summed E-state index contributed by atoms with van der Waals surface area (Å²) in [6.07, 6.45) is 0. The van der Waals surface area contributed by atoms with Crippen molar-refractivity contribution >= 4 is 33.0 Å². The Morgan fingerprint density at radius 1 is 1.33 bits per heavy atom. The van der Waals surface area contributed by atoms with E-state index in [0.717, 1.165) is 0 Å². The highest BCUT2D eigenvalue weighted by Crippen LogP contribution is 2.12. The molecule has 1 amide bonds. The van der Waals surface area contributed by atoms with Crippen molar-refractivity contribution < 1.29 is 13.2 Å². The van der Waals surface area contributed by atoms with Gasteiger partial charge in [-0.25, -0.2) is 8.42 Å². The first-order valence-corrected chi connectivity index (χ1v) is 8.34. The van der Waals surface area contributed by atoms with E-state index in [9.17, 15) is 13.2 Å². The van der Waals surface area contributed by atoms with Crippen LogP contribution in [0.4, 0.5) is 0 Å². The van der Waals surface area contributed by atoms with E-state index in [4.69, 9.17) is 18.0 Å². The molecule has 1 aromatic carbocycles. The Morgan fingerprint density at radius 2 is 1.90 bits per heavy atom. The summed E-state index contributed by atoms with van der Waals surface area (Å²) in [4.78, 5) is 13.3. The molecular weight excluding hydrogens is 310 g/mol. The smallest absolute Gasteiger partial charge is 0.233 e. The van der Waals surface area contributed by atoms with Crippen LogP contribution in [0.3, 0.4) is 0 Å². The number of nitrogens with zero attached hydrogens (tertiary/aromatic N) is 1. The van der Waals surface area contributed by atoms with Gasteiger partial charge in [0.15, 0.2) is 9.84 Å². The fourth-order valence-corrected chi connectivity index (χ4v) is 3.10. The molecule has 0 unspecified atom stereocenters. The van der Waals surface area contributed by atoms with E-state index in [1.807, 2.05) is 0 Å². The molecule has 1 rings (SSSR count). The van der Waals surface area contributed by atoms with Crippen LogP contribution in [0.25, 0.3) is 0 Å². The van der Waals surface area contributed by atoms with Gasteiger partial charge >= 0.3 is 0 Å². The molecule has 0 bridgehead atoms. The summed E-state index contributed by atoms with van der Waals surface area (Å²) in [5, 5.41) is 2.49. The lowest BCUT2D eigenvalue weighted by molar-refractivity contribution is -0.121. The first-order valence-electron chi connectivity index (χ1n) is 6.28. The van der Waals surface area contributed by atoms with Crippen molar-refractivity contribution in [2.45, 2.75) is 4.90 Å². The van der Waals surface area contributed by atoms with Gasteiger partial charge in [-0.3, -0.25) is 9.69 Å². The number of likely N-dealkylation sites (N-methyl/N-ethyl adjacent to an activating group) is 2. The number of rotatable bonds is 7. The first-order chi connectivity index (χ1) is 9.76. The SMILES string of the molecule is CNC(=O)CN(C)CCS(=O)(=O)c1ccc(C(N)=S)cc1. The maximum absolute atomic E-state index is 12.2. The van der Waals surface area contributed by atoms with Crippen LogP contribution in [0, 0.1) is 0 Å². The molecule has 0 saturated heterocycles. The van der Waals surface area contributed by atoms with Crippen molar-refractivity contribution in [2.75, 3.05) is 32.9 Å². The maximum Gasteiger partial charge on any atom is 0.233 e. The highest BCUT2D eigenvalue weighted by atomic mass is 32.2. The van der Waals surface area contributed by atoms with Crippen LogP contribution in [-0.2, 0) is 14.6 Å². The highest BCUT2D eigenvalue weighted by Gasteiger charge is 2.16. The van der Waals surface area contributed by atoms with Crippen LogP contribution >= 0.6 is 12.2 Å². The van der Waals surface area contributed by atoms with Crippen LogP contribution in [0.2, 0.25) is 0 Å². The second-order valence-electron chi connectivity index (χ2n) is 4.62. The number of carbonyl (C=O) groups excluding carboxylic acids is 1. The Balaban J connectivity index is 2.69. The molecule has 6 nitrogen and oxygen atoms in total. The Labute approximate surface area is 130 Å². The van der Waals surface area contributed by atoms with E-state index in [1.54, 1.807) is 24.1 Å². The first kappa shape index (κ1) is 17.5. The average Bonchev–Trinajstić information content (AvgIpc) is 2.45. The number of hydrogen-bond donors (Lipinski definition) is 2. The normalized spacial score (nSPS) is 11.4. The Hall–Kier alpha value is -1.51. The molecule has 3 N–H and O–H groups in total. The van der Waals surface area contributed by atoms with E-state index in [0.29, 0.717) is 5.56 Å². The van der Waals surface area contributed by atoms with Crippen molar-refractivity contribution in [3.8, 4) is 0 Å². The molecule has 0 spiro atoms. The Bertz CT molecular complexity index is 612. The predicted octanol–water partition coefficient (Wildman–Crippen LogP) is -0.228. The van der Waals surface area contributed by atoms with Gasteiger partial charge in [-0.05, 0) is 19.2 Å². The Morgan fingerprint density at radius 3 is 2.38 bits per heavy atom. The third-order valence-corrected chi connectivity index (χ3v) is 4.88. The zero-order valence-electron chi connectivity index (χ0n) is 12.0. The van der Waals surface area contributed by atoms with Crippen molar-refractivity contribution in [2.24, 2.45) is 5.73 Å². The van der Waals surface area contributed by atoms with E-state index < -0.39 is 9.84 Å². The van der Waals surface area contributed by atoms with Gasteiger partial charge in [0.2, 0.25) is 5.91 Å². The molecule has 21 heavy (non-hydrogen) atoms. The maximum atomic E-state index is 12.2. The topological polar surface area (TPSA) is 92.5 Å². The summed E-state index contributed by atoms with van der Waals surface area (Å²) in [6, 6.07) is 6.15. The fourth-order valence-electron chi connectivity index (χ4n) is 1.62. The van der Waals surface area contributed by atoms with Gasteiger partial charge in [0.1, 0.15) is 4.99 Å². The van der Waals surface area contributed by atoms with Gasteiger partial charge < -0.3 is 11.1 Å². The second-order valence-corrected chi connectivity index (χ2v) is 7.17. The molecule has 8 heteroatoms. The van der Waals surface area contributed by atoms with Crippen LogP contribution in [0.1, 0.15) is 5.56 Å². The molecule has 0 atom stereocenters. The van der Waals surface area contributed by atoms with Gasteiger partial charge in [0, 0.05) is 19.2 Å². The van der Waals surface area contributed by atoms with Gasteiger partial charge in [-0.1, -0.05) is 24.4 Å². The summed E-state index contributed by atoms with van der Waals surface area (Å²) < 4.78 is 24.4. The molecule has 0 fully saturated rings. The van der Waals surface area contributed by atoms with Crippen LogP contribution in [-0.4, -0.2) is 57.2 Å². The van der Waals surface area contributed by atoms with Crippen molar-refractivity contribution in [1.82, 2.24) is 10.2 Å². The molecule has 1 aromatic rings. The van der Waals surface area contributed by atoms with Gasteiger partial charge in [-0.15, -0.1) is 0 Å².